The Morgan fingerprint density at radius 1 is 1.55 bits per heavy atom. The van der Waals surface area contributed by atoms with Gasteiger partial charge in [-0.15, -0.1) is 0 Å². The van der Waals surface area contributed by atoms with Crippen LogP contribution < -0.4 is 10.9 Å². The molecule has 1 aliphatic rings. The van der Waals surface area contributed by atoms with E-state index in [-0.39, 0.29) is 11.5 Å². The third-order valence-electron chi connectivity index (χ3n) is 3.72. The Morgan fingerprint density at radius 2 is 2.32 bits per heavy atom. The second kappa shape index (κ2) is 5.75. The van der Waals surface area contributed by atoms with E-state index in [0.29, 0.717) is 29.7 Å². The molecule has 22 heavy (non-hydrogen) atoms. The van der Waals surface area contributed by atoms with Gasteiger partial charge in [-0.1, -0.05) is 5.16 Å². The number of aromatic nitrogens is 3. The molecule has 2 aromatic heterocycles. The van der Waals surface area contributed by atoms with Crippen LogP contribution in [-0.4, -0.2) is 20.6 Å². The van der Waals surface area contributed by atoms with Crippen LogP contribution in [0.4, 0.5) is 0 Å². The molecule has 0 aromatic carbocycles. The Hall–Kier alpha value is -2.44. The van der Waals surface area contributed by atoms with Gasteiger partial charge in [0.25, 0.3) is 11.5 Å². The molecule has 7 nitrogen and oxygen atoms in total. The van der Waals surface area contributed by atoms with E-state index in [9.17, 15) is 9.59 Å². The number of rotatable bonds is 5. The monoisotopic (exact) mass is 302 g/mol. The van der Waals surface area contributed by atoms with Gasteiger partial charge in [0.1, 0.15) is 6.04 Å². The molecule has 2 heterocycles. The van der Waals surface area contributed by atoms with Crippen LogP contribution in [-0.2, 0) is 6.54 Å². The van der Waals surface area contributed by atoms with Gasteiger partial charge in [-0.3, -0.25) is 9.59 Å². The summed E-state index contributed by atoms with van der Waals surface area (Å²) in [5.41, 5.74) is 0.125. The fourth-order valence-electron chi connectivity index (χ4n) is 2.18. The van der Waals surface area contributed by atoms with Crippen LogP contribution >= 0.6 is 0 Å². The summed E-state index contributed by atoms with van der Waals surface area (Å²) >= 11 is 0. The Balaban J connectivity index is 1.69. The second-order valence-electron chi connectivity index (χ2n) is 5.50. The van der Waals surface area contributed by atoms with Gasteiger partial charge in [-0.05, 0) is 32.8 Å². The molecule has 1 fully saturated rings. The molecule has 2 aromatic rings. The summed E-state index contributed by atoms with van der Waals surface area (Å²) in [6.07, 6.45) is 3.79. The zero-order valence-corrected chi connectivity index (χ0v) is 12.6. The number of hydrogen-bond acceptors (Lipinski definition) is 5. The number of amides is 1. The number of aryl methyl sites for hydroxylation is 1. The van der Waals surface area contributed by atoms with Crippen molar-refractivity contribution in [3.8, 4) is 0 Å². The van der Waals surface area contributed by atoms with Crippen LogP contribution in [0.2, 0.25) is 0 Å². The summed E-state index contributed by atoms with van der Waals surface area (Å²) in [7, 11) is 0. The summed E-state index contributed by atoms with van der Waals surface area (Å²) in [5.74, 6) is 1.17. The number of nitrogens with zero attached hydrogens (tertiary/aromatic N) is 3. The van der Waals surface area contributed by atoms with Gasteiger partial charge < -0.3 is 14.4 Å². The van der Waals surface area contributed by atoms with Crippen molar-refractivity contribution in [2.24, 2.45) is 0 Å². The number of carbonyl (C=O) groups is 1. The third-order valence-corrected chi connectivity index (χ3v) is 3.72. The molecular formula is C15H18N4O3. The highest BCUT2D eigenvalue weighted by Gasteiger charge is 2.29. The first kappa shape index (κ1) is 14.5. The maximum absolute atomic E-state index is 12.2. The molecule has 0 radical (unpaired) electrons. The Bertz CT molecular complexity index is 745. The predicted octanol–water partition coefficient (Wildman–Crippen LogP) is 1.62. The van der Waals surface area contributed by atoms with Crippen molar-refractivity contribution in [1.82, 2.24) is 20.0 Å². The van der Waals surface area contributed by atoms with E-state index in [4.69, 9.17) is 4.52 Å². The Labute approximate surface area is 127 Å². The van der Waals surface area contributed by atoms with Gasteiger partial charge in [0.15, 0.2) is 5.82 Å². The lowest BCUT2D eigenvalue weighted by atomic mass is 10.2. The van der Waals surface area contributed by atoms with Gasteiger partial charge in [-0.25, -0.2) is 0 Å². The summed E-state index contributed by atoms with van der Waals surface area (Å²) in [6, 6.07) is 2.55. The van der Waals surface area contributed by atoms with Gasteiger partial charge in [-0.2, -0.15) is 4.98 Å². The minimum atomic E-state index is -0.402. The molecule has 1 amide bonds. The number of nitrogens with one attached hydrogen (secondary N) is 1. The smallest absolute Gasteiger partial charge is 0.252 e. The molecule has 116 valence electrons. The highest BCUT2D eigenvalue weighted by atomic mass is 16.5. The zero-order chi connectivity index (χ0) is 15.7. The van der Waals surface area contributed by atoms with Gasteiger partial charge in [0.05, 0.1) is 0 Å². The van der Waals surface area contributed by atoms with Crippen LogP contribution in [0.5, 0.6) is 0 Å². The fraction of sp³-hybridized carbons (Fsp3) is 0.467. The van der Waals surface area contributed by atoms with Crippen molar-refractivity contribution < 1.29 is 9.32 Å². The topological polar surface area (TPSA) is 90.0 Å². The van der Waals surface area contributed by atoms with Crippen LogP contribution in [0, 0.1) is 0 Å². The van der Waals surface area contributed by atoms with Crippen molar-refractivity contribution in [2.75, 3.05) is 0 Å². The average Bonchev–Trinajstić information content (AvgIpc) is 3.24. The molecule has 0 bridgehead atoms. The standard InChI is InChI=1S/C15H18N4O3/c1-3-19-7-6-11(8-12(19)20)14(21)16-9(2)15-17-13(18-22-15)10-4-5-10/h6-10H,3-5H2,1-2H3,(H,16,21)/t9-/m1/s1. The zero-order valence-electron chi connectivity index (χ0n) is 12.6. The first-order valence-electron chi connectivity index (χ1n) is 7.43. The molecule has 0 saturated heterocycles. The van der Waals surface area contributed by atoms with Gasteiger partial charge in [0.2, 0.25) is 5.89 Å². The van der Waals surface area contributed by atoms with E-state index < -0.39 is 6.04 Å². The van der Waals surface area contributed by atoms with Crippen molar-refractivity contribution in [3.05, 3.63) is 46.0 Å². The van der Waals surface area contributed by atoms with E-state index in [0.717, 1.165) is 12.8 Å². The van der Waals surface area contributed by atoms with Gasteiger partial charge in [0, 0.05) is 30.3 Å². The van der Waals surface area contributed by atoms with Crippen molar-refractivity contribution in [1.29, 1.82) is 0 Å². The van der Waals surface area contributed by atoms with Crippen LogP contribution in [0.1, 0.15) is 60.7 Å². The second-order valence-corrected chi connectivity index (χ2v) is 5.50. The third kappa shape index (κ3) is 2.93. The molecule has 3 rings (SSSR count). The maximum atomic E-state index is 12.2. The largest absolute Gasteiger partial charge is 0.341 e. The molecule has 0 spiro atoms. The average molecular weight is 302 g/mol. The highest BCUT2D eigenvalue weighted by Crippen LogP contribution is 2.38. The first-order chi connectivity index (χ1) is 10.6. The minimum absolute atomic E-state index is 0.198. The van der Waals surface area contributed by atoms with E-state index in [1.54, 1.807) is 19.2 Å². The molecule has 1 N–H and O–H groups in total. The lowest BCUT2D eigenvalue weighted by Gasteiger charge is -2.10. The number of carbonyl (C=O) groups excluding carboxylic acids is 1. The summed E-state index contributed by atoms with van der Waals surface area (Å²) in [4.78, 5) is 28.2. The van der Waals surface area contributed by atoms with E-state index in [1.165, 1.54) is 10.6 Å². The minimum Gasteiger partial charge on any atom is -0.341 e. The maximum Gasteiger partial charge on any atom is 0.252 e. The molecule has 0 unspecified atom stereocenters. The Kier molecular flexibility index (Phi) is 3.79. The molecule has 1 saturated carbocycles. The lowest BCUT2D eigenvalue weighted by Crippen LogP contribution is -2.29. The van der Waals surface area contributed by atoms with E-state index in [2.05, 4.69) is 15.5 Å². The molecular weight excluding hydrogens is 284 g/mol. The predicted molar refractivity (Wildman–Crippen MR) is 78.5 cm³/mol. The molecule has 1 atom stereocenters. The lowest BCUT2D eigenvalue weighted by molar-refractivity contribution is 0.0932. The van der Waals surface area contributed by atoms with Crippen molar-refractivity contribution in [2.45, 2.75) is 45.2 Å². The molecule has 1 aliphatic carbocycles. The normalized spacial score (nSPS) is 15.5. The van der Waals surface area contributed by atoms with Crippen molar-refractivity contribution in [3.63, 3.8) is 0 Å². The summed E-state index contributed by atoms with van der Waals surface area (Å²) in [6.45, 7) is 4.22. The summed E-state index contributed by atoms with van der Waals surface area (Å²) in [5, 5.41) is 6.69. The van der Waals surface area contributed by atoms with Crippen molar-refractivity contribution >= 4 is 5.91 Å². The van der Waals surface area contributed by atoms with E-state index in [1.807, 2.05) is 6.92 Å². The quantitative estimate of drug-likeness (QED) is 0.906. The molecule has 7 heteroatoms. The Morgan fingerprint density at radius 3 is 2.95 bits per heavy atom. The van der Waals surface area contributed by atoms with Crippen LogP contribution in [0.15, 0.2) is 27.6 Å². The van der Waals surface area contributed by atoms with Crippen LogP contribution in [0.3, 0.4) is 0 Å². The number of hydrogen-bond donors (Lipinski definition) is 1. The van der Waals surface area contributed by atoms with Crippen LogP contribution in [0.25, 0.3) is 0 Å². The van der Waals surface area contributed by atoms with Gasteiger partial charge >= 0.3 is 0 Å². The first-order valence-corrected chi connectivity index (χ1v) is 7.43. The fourth-order valence-corrected chi connectivity index (χ4v) is 2.18. The number of pyridine rings is 1. The summed E-state index contributed by atoms with van der Waals surface area (Å²) < 4.78 is 6.71. The SMILES string of the molecule is CCn1ccc(C(=O)N[C@H](C)c2nc(C3CC3)no2)cc1=O. The highest BCUT2D eigenvalue weighted by molar-refractivity contribution is 5.94. The molecule has 0 aliphatic heterocycles. The van der Waals surface area contributed by atoms with E-state index >= 15 is 0 Å².